The van der Waals surface area contributed by atoms with Gasteiger partial charge in [-0.2, -0.15) is 0 Å². The lowest BCUT2D eigenvalue weighted by Gasteiger charge is -2.31. The predicted octanol–water partition coefficient (Wildman–Crippen LogP) is 1.09. The average molecular weight is 268 g/mol. The number of carboxylic acid groups (broad SMARTS) is 1. The van der Waals surface area contributed by atoms with Gasteiger partial charge in [0.15, 0.2) is 0 Å². The Labute approximate surface area is 114 Å². The van der Waals surface area contributed by atoms with Crippen molar-refractivity contribution in [1.82, 2.24) is 10.2 Å². The Balaban J connectivity index is 1.97. The molecule has 0 bridgehead atoms. The third kappa shape index (κ3) is 3.08. The Morgan fingerprint density at radius 3 is 2.84 bits per heavy atom. The van der Waals surface area contributed by atoms with Gasteiger partial charge in [0, 0.05) is 26.1 Å². The molecule has 2 saturated heterocycles. The average Bonchev–Trinajstić information content (AvgIpc) is 2.98. The van der Waals surface area contributed by atoms with Crippen LogP contribution in [0.15, 0.2) is 0 Å². The van der Waals surface area contributed by atoms with Crippen molar-refractivity contribution in [3.8, 4) is 0 Å². The summed E-state index contributed by atoms with van der Waals surface area (Å²) in [5.74, 6) is -0.383. The largest absolute Gasteiger partial charge is 0.481 e. The lowest BCUT2D eigenvalue weighted by atomic mass is 9.81. The van der Waals surface area contributed by atoms with E-state index >= 15 is 0 Å². The molecule has 108 valence electrons. The number of rotatable bonds is 5. The number of likely N-dealkylation sites (tertiary alicyclic amines) is 1. The summed E-state index contributed by atoms with van der Waals surface area (Å²) in [6, 6.07) is 0. The van der Waals surface area contributed by atoms with Crippen molar-refractivity contribution in [2.75, 3.05) is 26.2 Å². The first kappa shape index (κ1) is 14.3. The summed E-state index contributed by atoms with van der Waals surface area (Å²) < 4.78 is 0. The molecule has 2 atom stereocenters. The number of carboxylic acids is 1. The minimum Gasteiger partial charge on any atom is -0.481 e. The van der Waals surface area contributed by atoms with Crippen LogP contribution in [0.25, 0.3) is 0 Å². The Morgan fingerprint density at radius 2 is 2.26 bits per heavy atom. The van der Waals surface area contributed by atoms with E-state index in [4.69, 9.17) is 5.11 Å². The molecule has 0 spiro atoms. The molecular weight excluding hydrogens is 244 g/mol. The second-order valence-corrected chi connectivity index (χ2v) is 5.96. The fraction of sp³-hybridized carbons (Fsp3) is 0.857. The van der Waals surface area contributed by atoms with Gasteiger partial charge < -0.3 is 15.3 Å². The number of hydrogen-bond donors (Lipinski definition) is 2. The van der Waals surface area contributed by atoms with Crippen LogP contribution in [0.2, 0.25) is 0 Å². The van der Waals surface area contributed by atoms with Crippen LogP contribution in [-0.2, 0) is 9.59 Å². The molecule has 0 radical (unpaired) electrons. The summed E-state index contributed by atoms with van der Waals surface area (Å²) in [4.78, 5) is 25.4. The Kier molecular flexibility index (Phi) is 4.45. The highest BCUT2D eigenvalue weighted by Crippen LogP contribution is 2.35. The number of carbonyl (C=O) groups excluding carboxylic acids is 1. The maximum atomic E-state index is 12.7. The van der Waals surface area contributed by atoms with Gasteiger partial charge in [0.2, 0.25) is 5.91 Å². The van der Waals surface area contributed by atoms with Crippen molar-refractivity contribution in [3.05, 3.63) is 0 Å². The van der Waals surface area contributed by atoms with Gasteiger partial charge in [-0.25, -0.2) is 0 Å². The van der Waals surface area contributed by atoms with Gasteiger partial charge in [0.1, 0.15) is 0 Å². The normalized spacial score (nSPS) is 30.8. The van der Waals surface area contributed by atoms with Gasteiger partial charge in [-0.3, -0.25) is 9.59 Å². The second kappa shape index (κ2) is 5.90. The standard InChI is InChI=1S/C14H24N2O3/c1-2-4-14(5-6-15-10-14)13(19)16-7-3-11(9-16)8-12(17)18/h11,15H,2-10H2,1H3,(H,17,18). The van der Waals surface area contributed by atoms with Gasteiger partial charge in [-0.15, -0.1) is 0 Å². The minimum atomic E-state index is -0.759. The van der Waals surface area contributed by atoms with E-state index in [1.54, 1.807) is 0 Å². The SMILES string of the molecule is CCCC1(C(=O)N2CCC(CC(=O)O)C2)CCNC1. The Hall–Kier alpha value is -1.10. The molecule has 2 fully saturated rings. The summed E-state index contributed by atoms with van der Waals surface area (Å²) in [5.41, 5.74) is -0.229. The predicted molar refractivity (Wildman–Crippen MR) is 71.8 cm³/mol. The summed E-state index contributed by atoms with van der Waals surface area (Å²) in [6.07, 6.45) is 3.87. The summed E-state index contributed by atoms with van der Waals surface area (Å²) >= 11 is 0. The summed E-state index contributed by atoms with van der Waals surface area (Å²) in [5, 5.41) is 12.1. The van der Waals surface area contributed by atoms with E-state index in [-0.39, 0.29) is 23.7 Å². The van der Waals surface area contributed by atoms with Crippen molar-refractivity contribution >= 4 is 11.9 Å². The smallest absolute Gasteiger partial charge is 0.303 e. The molecule has 5 heteroatoms. The molecular formula is C14H24N2O3. The third-order valence-corrected chi connectivity index (χ3v) is 4.46. The first-order valence-corrected chi connectivity index (χ1v) is 7.29. The topological polar surface area (TPSA) is 69.6 Å². The quantitative estimate of drug-likeness (QED) is 0.783. The van der Waals surface area contributed by atoms with Gasteiger partial charge in [-0.05, 0) is 31.7 Å². The molecule has 0 aromatic rings. The molecule has 1 amide bonds. The first-order valence-electron chi connectivity index (χ1n) is 7.29. The molecule has 0 saturated carbocycles. The van der Waals surface area contributed by atoms with E-state index < -0.39 is 5.97 Å². The van der Waals surface area contributed by atoms with Crippen molar-refractivity contribution in [2.45, 2.75) is 39.0 Å². The van der Waals surface area contributed by atoms with Crippen molar-refractivity contribution in [1.29, 1.82) is 0 Å². The van der Waals surface area contributed by atoms with E-state index in [9.17, 15) is 9.59 Å². The van der Waals surface area contributed by atoms with Crippen LogP contribution in [0.4, 0.5) is 0 Å². The lowest BCUT2D eigenvalue weighted by Crippen LogP contribution is -2.44. The van der Waals surface area contributed by atoms with Crippen LogP contribution in [0, 0.1) is 11.3 Å². The summed E-state index contributed by atoms with van der Waals surface area (Å²) in [7, 11) is 0. The zero-order chi connectivity index (χ0) is 13.9. The number of nitrogens with zero attached hydrogens (tertiary/aromatic N) is 1. The zero-order valence-electron chi connectivity index (χ0n) is 11.7. The van der Waals surface area contributed by atoms with E-state index in [2.05, 4.69) is 12.2 Å². The van der Waals surface area contributed by atoms with Gasteiger partial charge in [-0.1, -0.05) is 13.3 Å². The molecule has 0 aromatic carbocycles. The monoisotopic (exact) mass is 268 g/mol. The van der Waals surface area contributed by atoms with Crippen LogP contribution in [0.5, 0.6) is 0 Å². The first-order chi connectivity index (χ1) is 9.07. The molecule has 2 aliphatic rings. The Morgan fingerprint density at radius 1 is 1.47 bits per heavy atom. The molecule has 0 aromatic heterocycles. The highest BCUT2D eigenvalue weighted by Gasteiger charge is 2.44. The fourth-order valence-corrected chi connectivity index (χ4v) is 3.49. The molecule has 2 rings (SSSR count). The van der Waals surface area contributed by atoms with Crippen LogP contribution in [-0.4, -0.2) is 48.1 Å². The molecule has 19 heavy (non-hydrogen) atoms. The van der Waals surface area contributed by atoms with Gasteiger partial charge >= 0.3 is 5.97 Å². The lowest BCUT2D eigenvalue weighted by molar-refractivity contribution is -0.142. The molecule has 0 aliphatic carbocycles. The Bertz CT molecular complexity index is 351. The van der Waals surface area contributed by atoms with E-state index in [1.165, 1.54) is 0 Å². The number of nitrogens with one attached hydrogen (secondary N) is 1. The highest BCUT2D eigenvalue weighted by molar-refractivity contribution is 5.83. The number of carbonyl (C=O) groups is 2. The maximum Gasteiger partial charge on any atom is 0.303 e. The van der Waals surface area contributed by atoms with E-state index in [0.717, 1.165) is 45.3 Å². The zero-order valence-corrected chi connectivity index (χ0v) is 11.7. The minimum absolute atomic E-state index is 0.134. The number of aliphatic carboxylic acids is 1. The molecule has 2 N–H and O–H groups in total. The maximum absolute atomic E-state index is 12.7. The van der Waals surface area contributed by atoms with E-state index in [0.29, 0.717) is 6.54 Å². The number of hydrogen-bond acceptors (Lipinski definition) is 3. The molecule has 2 heterocycles. The van der Waals surface area contributed by atoms with Crippen molar-refractivity contribution in [2.24, 2.45) is 11.3 Å². The second-order valence-electron chi connectivity index (χ2n) is 5.96. The van der Waals surface area contributed by atoms with Crippen molar-refractivity contribution in [3.63, 3.8) is 0 Å². The van der Waals surface area contributed by atoms with Gasteiger partial charge in [0.25, 0.3) is 0 Å². The molecule has 2 unspecified atom stereocenters. The van der Waals surface area contributed by atoms with Crippen LogP contribution < -0.4 is 5.32 Å². The fourth-order valence-electron chi connectivity index (χ4n) is 3.49. The van der Waals surface area contributed by atoms with E-state index in [1.807, 2.05) is 4.90 Å². The molecule has 5 nitrogen and oxygen atoms in total. The van der Waals surface area contributed by atoms with Crippen LogP contribution >= 0.6 is 0 Å². The third-order valence-electron chi connectivity index (χ3n) is 4.46. The van der Waals surface area contributed by atoms with Crippen LogP contribution in [0.1, 0.15) is 39.0 Å². The highest BCUT2D eigenvalue weighted by atomic mass is 16.4. The van der Waals surface area contributed by atoms with Crippen LogP contribution in [0.3, 0.4) is 0 Å². The molecule has 2 aliphatic heterocycles. The number of amides is 1. The summed E-state index contributed by atoms with van der Waals surface area (Å²) in [6.45, 7) is 5.15. The van der Waals surface area contributed by atoms with Gasteiger partial charge in [0.05, 0.1) is 5.41 Å². The van der Waals surface area contributed by atoms with Crippen molar-refractivity contribution < 1.29 is 14.7 Å².